The molecule has 0 spiro atoms. The maximum atomic E-state index is 11.2. The zero-order chi connectivity index (χ0) is 12.8. The number of rotatable bonds is 5. The molecule has 0 heterocycles. The highest BCUT2D eigenvalue weighted by molar-refractivity contribution is 6.42. The third kappa shape index (κ3) is 4.10. The third-order valence-electron chi connectivity index (χ3n) is 2.13. The predicted octanol–water partition coefficient (Wildman–Crippen LogP) is 3.50. The topological polar surface area (TPSA) is 35.5 Å². The number of methoxy groups -OCH3 is 1. The van der Waals surface area contributed by atoms with E-state index in [9.17, 15) is 4.79 Å². The summed E-state index contributed by atoms with van der Waals surface area (Å²) < 4.78 is 10.1. The molecule has 0 atom stereocenters. The number of carbonyl (C=O) groups is 1. The van der Waals surface area contributed by atoms with Gasteiger partial charge in [-0.1, -0.05) is 30.1 Å². The van der Waals surface area contributed by atoms with Crippen LogP contribution in [-0.4, -0.2) is 19.7 Å². The fourth-order valence-corrected chi connectivity index (χ4v) is 1.62. The van der Waals surface area contributed by atoms with Crippen LogP contribution in [0, 0.1) is 0 Å². The van der Waals surface area contributed by atoms with Crippen LogP contribution < -0.4 is 4.74 Å². The van der Waals surface area contributed by atoms with Gasteiger partial charge in [0.15, 0.2) is 0 Å². The lowest BCUT2D eigenvalue weighted by molar-refractivity contribution is -0.139. The zero-order valence-corrected chi connectivity index (χ0v) is 11.3. The van der Waals surface area contributed by atoms with Gasteiger partial charge in [0.1, 0.15) is 5.75 Å². The molecule has 0 aliphatic heterocycles. The second-order valence-corrected chi connectivity index (χ2v) is 4.29. The van der Waals surface area contributed by atoms with Gasteiger partial charge in [0.25, 0.3) is 0 Å². The second kappa shape index (κ2) is 6.72. The fraction of sp³-hybridized carbons (Fsp3) is 0.417. The maximum absolute atomic E-state index is 11.2. The molecular weight excluding hydrogens is 263 g/mol. The van der Waals surface area contributed by atoms with Crippen molar-refractivity contribution in [2.45, 2.75) is 19.8 Å². The van der Waals surface area contributed by atoms with E-state index >= 15 is 0 Å². The first-order chi connectivity index (χ1) is 8.08. The Morgan fingerprint density at radius 1 is 1.29 bits per heavy atom. The van der Waals surface area contributed by atoms with Gasteiger partial charge in [-0.15, -0.1) is 0 Å². The summed E-state index contributed by atoms with van der Waals surface area (Å²) in [5.41, 5.74) is 0.680. The van der Waals surface area contributed by atoms with Crippen molar-refractivity contribution >= 4 is 29.2 Å². The molecule has 1 aromatic carbocycles. The Morgan fingerprint density at radius 3 is 2.53 bits per heavy atom. The highest BCUT2D eigenvalue weighted by atomic mass is 35.5. The van der Waals surface area contributed by atoms with Crippen LogP contribution in [0.1, 0.15) is 18.9 Å². The molecule has 0 unspecified atom stereocenters. The minimum Gasteiger partial charge on any atom is -0.493 e. The van der Waals surface area contributed by atoms with Gasteiger partial charge in [0.2, 0.25) is 0 Å². The minimum atomic E-state index is -0.343. The van der Waals surface area contributed by atoms with E-state index in [2.05, 4.69) is 4.74 Å². The number of ether oxygens (including phenoxy) is 2. The van der Waals surface area contributed by atoms with Gasteiger partial charge in [-0.3, -0.25) is 4.79 Å². The summed E-state index contributed by atoms with van der Waals surface area (Å²) in [5.74, 6) is 0.233. The summed E-state index contributed by atoms with van der Waals surface area (Å²) in [6.45, 7) is 2.56. The number of carbonyl (C=O) groups excluding carboxylic acids is 1. The molecular formula is C12H14Cl2O3. The lowest BCUT2D eigenvalue weighted by Gasteiger charge is -2.11. The number of halogens is 2. The monoisotopic (exact) mass is 276 g/mol. The average Bonchev–Trinajstić information content (AvgIpc) is 2.31. The van der Waals surface area contributed by atoms with Crippen LogP contribution in [0.25, 0.3) is 0 Å². The summed E-state index contributed by atoms with van der Waals surface area (Å²) in [6.07, 6.45) is 0.990. The summed E-state index contributed by atoms with van der Waals surface area (Å²) in [6, 6.07) is 3.25. The Morgan fingerprint density at radius 2 is 1.94 bits per heavy atom. The zero-order valence-electron chi connectivity index (χ0n) is 9.76. The van der Waals surface area contributed by atoms with Crippen molar-refractivity contribution in [3.63, 3.8) is 0 Å². The van der Waals surface area contributed by atoms with Crippen LogP contribution in [0.2, 0.25) is 10.0 Å². The highest BCUT2D eigenvalue weighted by Gasteiger charge is 2.12. The van der Waals surface area contributed by atoms with E-state index in [1.54, 1.807) is 12.1 Å². The van der Waals surface area contributed by atoms with Crippen LogP contribution in [0.3, 0.4) is 0 Å². The van der Waals surface area contributed by atoms with Crippen molar-refractivity contribution in [3.05, 3.63) is 27.7 Å². The van der Waals surface area contributed by atoms with Crippen molar-refractivity contribution in [3.8, 4) is 5.75 Å². The Labute approximate surface area is 111 Å². The van der Waals surface area contributed by atoms with Gasteiger partial charge in [-0.2, -0.15) is 0 Å². The lowest BCUT2D eigenvalue weighted by Crippen LogP contribution is -2.07. The first-order valence-electron chi connectivity index (χ1n) is 5.26. The molecule has 0 N–H and O–H groups in total. The van der Waals surface area contributed by atoms with Crippen LogP contribution >= 0.6 is 23.2 Å². The van der Waals surface area contributed by atoms with E-state index in [0.717, 1.165) is 6.42 Å². The third-order valence-corrected chi connectivity index (χ3v) is 2.85. The number of hydrogen-bond acceptors (Lipinski definition) is 3. The summed E-state index contributed by atoms with van der Waals surface area (Å²) in [4.78, 5) is 11.2. The van der Waals surface area contributed by atoms with Crippen molar-refractivity contribution < 1.29 is 14.3 Å². The van der Waals surface area contributed by atoms with Gasteiger partial charge >= 0.3 is 5.97 Å². The first kappa shape index (κ1) is 14.1. The molecule has 0 aliphatic rings. The van der Waals surface area contributed by atoms with Crippen LogP contribution in [0.5, 0.6) is 5.75 Å². The molecule has 17 heavy (non-hydrogen) atoms. The van der Waals surface area contributed by atoms with Crippen LogP contribution in [0.15, 0.2) is 12.1 Å². The number of benzene rings is 1. The summed E-state index contributed by atoms with van der Waals surface area (Å²) in [5, 5.41) is 0.806. The molecule has 5 heteroatoms. The maximum Gasteiger partial charge on any atom is 0.310 e. The Kier molecular flexibility index (Phi) is 5.59. The Balaban J connectivity index is 2.98. The number of esters is 1. The first-order valence-corrected chi connectivity index (χ1v) is 6.01. The van der Waals surface area contributed by atoms with Gasteiger partial charge < -0.3 is 9.47 Å². The molecule has 3 nitrogen and oxygen atoms in total. The van der Waals surface area contributed by atoms with Crippen LogP contribution in [-0.2, 0) is 16.0 Å². The molecule has 0 fully saturated rings. The fourth-order valence-electron chi connectivity index (χ4n) is 1.28. The summed E-state index contributed by atoms with van der Waals surface area (Å²) in [7, 11) is 1.34. The van der Waals surface area contributed by atoms with Gasteiger partial charge in [-0.05, 0) is 12.5 Å². The van der Waals surface area contributed by atoms with Crippen molar-refractivity contribution in [2.24, 2.45) is 0 Å². The largest absolute Gasteiger partial charge is 0.493 e. The smallest absolute Gasteiger partial charge is 0.310 e. The van der Waals surface area contributed by atoms with E-state index in [1.165, 1.54) is 7.11 Å². The SMILES string of the molecule is CCCOc1cc(Cl)c(Cl)cc1CC(=O)OC. The highest BCUT2D eigenvalue weighted by Crippen LogP contribution is 2.31. The molecule has 0 radical (unpaired) electrons. The van der Waals surface area contributed by atoms with Crippen molar-refractivity contribution in [2.75, 3.05) is 13.7 Å². The van der Waals surface area contributed by atoms with Crippen LogP contribution in [0.4, 0.5) is 0 Å². The normalized spacial score (nSPS) is 10.1. The summed E-state index contributed by atoms with van der Waals surface area (Å²) >= 11 is 11.8. The Bertz CT molecular complexity index is 405. The lowest BCUT2D eigenvalue weighted by atomic mass is 10.1. The molecule has 0 aromatic heterocycles. The Hall–Kier alpha value is -0.930. The van der Waals surface area contributed by atoms with E-state index < -0.39 is 0 Å². The molecule has 1 aromatic rings. The molecule has 0 saturated carbocycles. The number of hydrogen-bond donors (Lipinski definition) is 0. The van der Waals surface area contributed by atoms with Gasteiger partial charge in [0.05, 0.1) is 30.2 Å². The van der Waals surface area contributed by atoms with E-state index in [-0.39, 0.29) is 12.4 Å². The molecule has 0 amide bonds. The second-order valence-electron chi connectivity index (χ2n) is 3.48. The van der Waals surface area contributed by atoms with Gasteiger partial charge in [0, 0.05) is 11.6 Å². The van der Waals surface area contributed by atoms with E-state index in [0.29, 0.717) is 28.0 Å². The molecule has 1 rings (SSSR count). The standard InChI is InChI=1S/C12H14Cl2O3/c1-3-4-17-11-7-10(14)9(13)5-8(11)6-12(15)16-2/h5,7H,3-4,6H2,1-2H3. The quantitative estimate of drug-likeness (QED) is 0.773. The predicted molar refractivity (Wildman–Crippen MR) is 68.0 cm³/mol. The van der Waals surface area contributed by atoms with E-state index in [1.807, 2.05) is 6.92 Å². The molecule has 0 aliphatic carbocycles. The van der Waals surface area contributed by atoms with Gasteiger partial charge in [-0.25, -0.2) is 0 Å². The van der Waals surface area contributed by atoms with Crippen molar-refractivity contribution in [1.82, 2.24) is 0 Å². The molecule has 94 valence electrons. The minimum absolute atomic E-state index is 0.117. The van der Waals surface area contributed by atoms with E-state index in [4.69, 9.17) is 27.9 Å². The average molecular weight is 277 g/mol. The van der Waals surface area contributed by atoms with Crippen molar-refractivity contribution in [1.29, 1.82) is 0 Å². The molecule has 0 bridgehead atoms. The molecule has 0 saturated heterocycles.